The Labute approximate surface area is 281 Å². The summed E-state index contributed by atoms with van der Waals surface area (Å²) in [5.41, 5.74) is 5.03. The van der Waals surface area contributed by atoms with E-state index in [1.165, 1.54) is 7.11 Å². The highest BCUT2D eigenvalue weighted by atomic mass is 28.4. The number of likely N-dealkylation sites (tertiary alicyclic amines) is 1. The Balaban J connectivity index is 1.41. The number of nitrogens with one attached hydrogen (secondary N) is 1. The highest BCUT2D eigenvalue weighted by Crippen LogP contribution is 2.44. The van der Waals surface area contributed by atoms with Crippen molar-refractivity contribution in [3.63, 3.8) is 0 Å². The summed E-state index contributed by atoms with van der Waals surface area (Å²) in [6.07, 6.45) is 3.48. The number of methoxy groups -OCH3 is 1. The smallest absolute Gasteiger partial charge is 0.409 e. The van der Waals surface area contributed by atoms with E-state index in [1.807, 2.05) is 49.2 Å². The lowest BCUT2D eigenvalue weighted by atomic mass is 9.72. The maximum absolute atomic E-state index is 12.1. The first kappa shape index (κ1) is 34.8. The van der Waals surface area contributed by atoms with E-state index in [9.17, 15) is 4.79 Å². The molecule has 2 aromatic heterocycles. The number of amides is 1. The molecule has 1 spiro atoms. The third kappa shape index (κ3) is 7.34. The number of benzene rings is 1. The third-order valence-electron chi connectivity index (χ3n) is 10.3. The number of anilines is 1. The summed E-state index contributed by atoms with van der Waals surface area (Å²) < 4.78 is 19.9. The fourth-order valence-corrected chi connectivity index (χ4v) is 7.79. The Kier molecular flexibility index (Phi) is 10.1. The molecule has 1 amide bonds. The van der Waals surface area contributed by atoms with Crippen molar-refractivity contribution < 1.29 is 18.7 Å². The van der Waals surface area contributed by atoms with Crippen molar-refractivity contribution in [2.45, 2.75) is 71.7 Å². The molecule has 4 heterocycles. The number of aromatic nitrogens is 4. The van der Waals surface area contributed by atoms with Gasteiger partial charge < -0.3 is 29.0 Å². The van der Waals surface area contributed by atoms with E-state index in [4.69, 9.17) is 23.9 Å². The largest absolute Gasteiger partial charge is 0.491 e. The standard InChI is InChI=1S/C35H53N7O4Si/c1-24-19-37-40(7)30(24)29-25(2)32(42-22-35(23-42)14-16-41(17-15-35)33(43)44-8)39-31(38-29)26-12-11-13-27(18-26)45-21-28(20-36-6)46-47(9,10)34(3,4)5/h11-13,18-19,28,36H,14-17,20-23H2,1-10H3/t28-/m1/s1. The Morgan fingerprint density at radius 3 is 2.43 bits per heavy atom. The van der Waals surface area contributed by atoms with Crippen molar-refractivity contribution in [2.24, 2.45) is 12.5 Å². The summed E-state index contributed by atoms with van der Waals surface area (Å²) in [5.74, 6) is 2.35. The molecule has 1 atom stereocenters. The second kappa shape index (κ2) is 13.6. The zero-order chi connectivity index (χ0) is 34.1. The average Bonchev–Trinajstić information content (AvgIpc) is 3.35. The number of nitrogens with zero attached hydrogens (tertiary/aromatic N) is 6. The van der Waals surface area contributed by atoms with Gasteiger partial charge in [-0.05, 0) is 69.6 Å². The van der Waals surface area contributed by atoms with Crippen LogP contribution in [0, 0.1) is 19.3 Å². The molecule has 2 aliphatic rings. The molecule has 0 bridgehead atoms. The summed E-state index contributed by atoms with van der Waals surface area (Å²) in [4.78, 5) is 26.6. The highest BCUT2D eigenvalue weighted by Gasteiger charge is 2.47. The molecular weight excluding hydrogens is 611 g/mol. The molecule has 2 saturated heterocycles. The maximum atomic E-state index is 12.1. The summed E-state index contributed by atoms with van der Waals surface area (Å²) in [6.45, 7) is 19.9. The molecule has 256 valence electrons. The average molecular weight is 664 g/mol. The van der Waals surface area contributed by atoms with Crippen LogP contribution in [-0.2, 0) is 16.2 Å². The molecule has 0 unspecified atom stereocenters. The molecule has 12 heteroatoms. The number of carbonyl (C=O) groups is 1. The van der Waals surface area contributed by atoms with Crippen molar-refractivity contribution in [2.75, 3.05) is 58.4 Å². The zero-order valence-corrected chi connectivity index (χ0v) is 30.9. The number of rotatable bonds is 10. The van der Waals surface area contributed by atoms with Crippen molar-refractivity contribution in [1.82, 2.24) is 30.0 Å². The molecule has 0 radical (unpaired) electrons. The molecule has 11 nitrogen and oxygen atoms in total. The molecule has 1 N–H and O–H groups in total. The first-order valence-corrected chi connectivity index (χ1v) is 19.6. The normalized spacial score (nSPS) is 17.1. The minimum atomic E-state index is -1.97. The van der Waals surface area contributed by atoms with Gasteiger partial charge in [-0.2, -0.15) is 5.10 Å². The quantitative estimate of drug-likeness (QED) is 0.269. The van der Waals surface area contributed by atoms with Crippen LogP contribution in [0.5, 0.6) is 5.75 Å². The molecule has 2 aliphatic heterocycles. The SMILES string of the molecule is CNC[C@H](COc1cccc(-c2nc(-c3c(C)cnn3C)c(C)c(N3CC4(CCN(C(=O)OC)CC4)C3)n2)c1)O[Si](C)(C)C(C)(C)C. The van der Waals surface area contributed by atoms with Gasteiger partial charge in [0.1, 0.15) is 18.2 Å². The topological polar surface area (TPSA) is 107 Å². The molecule has 47 heavy (non-hydrogen) atoms. The monoisotopic (exact) mass is 663 g/mol. The summed E-state index contributed by atoms with van der Waals surface area (Å²) in [7, 11) is 3.38. The van der Waals surface area contributed by atoms with Crippen LogP contribution in [0.2, 0.25) is 18.1 Å². The maximum Gasteiger partial charge on any atom is 0.409 e. The third-order valence-corrected chi connectivity index (χ3v) is 14.8. The fourth-order valence-electron chi connectivity index (χ4n) is 6.45. The molecule has 0 saturated carbocycles. The van der Waals surface area contributed by atoms with Crippen LogP contribution in [0.4, 0.5) is 10.6 Å². The van der Waals surface area contributed by atoms with Gasteiger partial charge in [0.2, 0.25) is 0 Å². The van der Waals surface area contributed by atoms with Gasteiger partial charge in [0.15, 0.2) is 14.1 Å². The van der Waals surface area contributed by atoms with Crippen molar-refractivity contribution in [1.29, 1.82) is 0 Å². The van der Waals surface area contributed by atoms with Gasteiger partial charge in [-0.15, -0.1) is 0 Å². The van der Waals surface area contributed by atoms with Gasteiger partial charge in [0.25, 0.3) is 0 Å². The van der Waals surface area contributed by atoms with Crippen LogP contribution in [0.15, 0.2) is 30.5 Å². The van der Waals surface area contributed by atoms with E-state index in [0.717, 1.165) is 78.7 Å². The van der Waals surface area contributed by atoms with Gasteiger partial charge >= 0.3 is 6.09 Å². The van der Waals surface area contributed by atoms with Crippen molar-refractivity contribution in [3.05, 3.63) is 41.6 Å². The Morgan fingerprint density at radius 2 is 1.83 bits per heavy atom. The first-order chi connectivity index (χ1) is 22.2. The number of likely N-dealkylation sites (N-methyl/N-ethyl adjacent to an activating group) is 1. The van der Waals surface area contributed by atoms with Gasteiger partial charge in [-0.25, -0.2) is 14.8 Å². The summed E-state index contributed by atoms with van der Waals surface area (Å²) in [6, 6.07) is 8.04. The molecule has 0 aliphatic carbocycles. The lowest BCUT2D eigenvalue weighted by molar-refractivity contribution is 0.0621. The highest BCUT2D eigenvalue weighted by molar-refractivity contribution is 6.74. The van der Waals surface area contributed by atoms with Crippen LogP contribution < -0.4 is 15.0 Å². The Hall–Kier alpha value is -3.48. The molecule has 2 fully saturated rings. The number of carbonyl (C=O) groups excluding carboxylic acids is 1. The zero-order valence-electron chi connectivity index (χ0n) is 29.9. The predicted octanol–water partition coefficient (Wildman–Crippen LogP) is 5.82. The molecule has 3 aromatic rings. The number of piperidine rings is 1. The van der Waals surface area contributed by atoms with Crippen LogP contribution >= 0.6 is 0 Å². The lowest BCUT2D eigenvalue weighted by Crippen LogP contribution is -2.61. The van der Waals surface area contributed by atoms with Crippen LogP contribution in [-0.4, -0.2) is 98.7 Å². The predicted molar refractivity (Wildman–Crippen MR) is 188 cm³/mol. The number of hydrogen-bond acceptors (Lipinski definition) is 9. The van der Waals surface area contributed by atoms with Crippen LogP contribution in [0.3, 0.4) is 0 Å². The summed E-state index contributed by atoms with van der Waals surface area (Å²) in [5, 5.41) is 7.90. The van der Waals surface area contributed by atoms with Gasteiger partial charge in [-0.3, -0.25) is 4.68 Å². The van der Waals surface area contributed by atoms with E-state index < -0.39 is 8.32 Å². The molecule has 1 aromatic carbocycles. The second-order valence-corrected chi connectivity index (χ2v) is 19.6. The van der Waals surface area contributed by atoms with Gasteiger partial charge in [0.05, 0.1) is 30.8 Å². The van der Waals surface area contributed by atoms with Crippen LogP contribution in [0.1, 0.15) is 44.7 Å². The van der Waals surface area contributed by atoms with E-state index in [2.05, 4.69) is 63.0 Å². The molecular formula is C35H53N7O4Si. The van der Waals surface area contributed by atoms with E-state index in [0.29, 0.717) is 19.0 Å². The number of ether oxygens (including phenoxy) is 2. The lowest BCUT2D eigenvalue weighted by Gasteiger charge is -2.54. The second-order valence-electron chi connectivity index (χ2n) is 14.9. The summed E-state index contributed by atoms with van der Waals surface area (Å²) >= 11 is 0. The van der Waals surface area contributed by atoms with Crippen molar-refractivity contribution in [3.8, 4) is 28.5 Å². The van der Waals surface area contributed by atoms with E-state index >= 15 is 0 Å². The van der Waals surface area contributed by atoms with E-state index in [-0.39, 0.29) is 22.7 Å². The van der Waals surface area contributed by atoms with Crippen molar-refractivity contribution >= 4 is 20.2 Å². The minimum Gasteiger partial charge on any atom is -0.491 e. The van der Waals surface area contributed by atoms with Gasteiger partial charge in [0, 0.05) is 56.3 Å². The Bertz CT molecular complexity index is 1550. The first-order valence-electron chi connectivity index (χ1n) is 16.7. The Morgan fingerprint density at radius 1 is 1.13 bits per heavy atom. The van der Waals surface area contributed by atoms with Crippen LogP contribution in [0.25, 0.3) is 22.8 Å². The minimum absolute atomic E-state index is 0.0654. The van der Waals surface area contributed by atoms with E-state index in [1.54, 1.807) is 4.90 Å². The van der Waals surface area contributed by atoms with Gasteiger partial charge in [-0.1, -0.05) is 32.9 Å². The number of hydrogen-bond donors (Lipinski definition) is 1. The molecule has 5 rings (SSSR count). The fraction of sp³-hybridized carbons (Fsp3) is 0.600. The number of aryl methyl sites for hydroxylation is 2.